The predicted octanol–water partition coefficient (Wildman–Crippen LogP) is 4.07. The van der Waals surface area contributed by atoms with Gasteiger partial charge in [-0.2, -0.15) is 0 Å². The number of sulfonamides is 2. The molecule has 4 aromatic carbocycles. The molecule has 4 rings (SSSR count). The standard InChI is InChI=1S/C12H14N2O2S.C10H9NO2S.C2H6/c1-14(2)11-7-3-6-10-9(11)5-4-8-12(10)17(13,15)16;11-14(12,13)10-6-5-8-3-1-2-4-9(8)7-10;1-2/h3-8H,1-2H3,(H2,13,15,16);1-7H,(H2,11,12,13);1-2H3. The second-order valence-corrected chi connectivity index (χ2v) is 10.2. The molecule has 0 aliphatic rings. The number of benzene rings is 4. The molecule has 0 fully saturated rings. The third-order valence-corrected chi connectivity index (χ3v) is 6.58. The Balaban J connectivity index is 0.000000221. The first-order valence-electron chi connectivity index (χ1n) is 10.2. The summed E-state index contributed by atoms with van der Waals surface area (Å²) in [6.07, 6.45) is 0. The zero-order chi connectivity index (χ0) is 24.8. The highest BCUT2D eigenvalue weighted by Gasteiger charge is 2.13. The van der Waals surface area contributed by atoms with E-state index in [4.69, 9.17) is 10.3 Å². The minimum absolute atomic E-state index is 0.149. The summed E-state index contributed by atoms with van der Waals surface area (Å²) in [5.74, 6) is 0. The van der Waals surface area contributed by atoms with Crippen molar-refractivity contribution >= 4 is 47.3 Å². The van der Waals surface area contributed by atoms with E-state index in [2.05, 4.69) is 0 Å². The molecule has 7 nitrogen and oxygen atoms in total. The molecule has 0 aliphatic carbocycles. The Kier molecular flexibility index (Phi) is 8.57. The van der Waals surface area contributed by atoms with Gasteiger partial charge in [0.25, 0.3) is 0 Å². The van der Waals surface area contributed by atoms with Crippen LogP contribution in [0.25, 0.3) is 21.5 Å². The number of rotatable bonds is 3. The number of nitrogens with zero attached hydrogens (tertiary/aromatic N) is 1. The molecule has 0 spiro atoms. The van der Waals surface area contributed by atoms with E-state index >= 15 is 0 Å². The van der Waals surface area contributed by atoms with Gasteiger partial charge in [0, 0.05) is 30.6 Å². The van der Waals surface area contributed by atoms with E-state index in [0.717, 1.165) is 21.8 Å². The Hall–Kier alpha value is -2.98. The second-order valence-electron chi connectivity index (χ2n) is 7.12. The molecule has 0 unspecified atom stereocenters. The maximum absolute atomic E-state index is 11.5. The first-order chi connectivity index (χ1) is 15.5. The van der Waals surface area contributed by atoms with Gasteiger partial charge in [0.05, 0.1) is 9.79 Å². The van der Waals surface area contributed by atoms with E-state index < -0.39 is 20.0 Å². The first kappa shape index (κ1) is 26.3. The lowest BCUT2D eigenvalue weighted by Crippen LogP contribution is -2.13. The molecule has 33 heavy (non-hydrogen) atoms. The number of hydrogen-bond donors (Lipinski definition) is 2. The van der Waals surface area contributed by atoms with Crippen molar-refractivity contribution in [1.82, 2.24) is 0 Å². The minimum atomic E-state index is -3.69. The topological polar surface area (TPSA) is 124 Å². The molecule has 0 aromatic heterocycles. The van der Waals surface area contributed by atoms with Crippen LogP contribution in [0, 0.1) is 0 Å². The summed E-state index contributed by atoms with van der Waals surface area (Å²) in [5, 5.41) is 13.6. The van der Waals surface area contributed by atoms with Crippen molar-refractivity contribution in [2.75, 3.05) is 19.0 Å². The molecule has 0 atom stereocenters. The monoisotopic (exact) mass is 487 g/mol. The largest absolute Gasteiger partial charge is 0.377 e. The highest BCUT2D eigenvalue weighted by Crippen LogP contribution is 2.29. The van der Waals surface area contributed by atoms with E-state index in [-0.39, 0.29) is 9.79 Å². The van der Waals surface area contributed by atoms with Gasteiger partial charge in [-0.05, 0) is 35.0 Å². The molecular formula is C24H29N3O4S2. The highest BCUT2D eigenvalue weighted by molar-refractivity contribution is 7.89. The maximum Gasteiger partial charge on any atom is 0.238 e. The van der Waals surface area contributed by atoms with Gasteiger partial charge in [-0.25, -0.2) is 27.1 Å². The van der Waals surface area contributed by atoms with Crippen LogP contribution in [-0.2, 0) is 20.0 Å². The SMILES string of the molecule is CC.CN(C)c1cccc2c(S(N)(=O)=O)cccc12.NS(=O)(=O)c1ccc2ccccc2c1. The normalized spacial score (nSPS) is 11.2. The molecule has 9 heteroatoms. The Morgan fingerprint density at radius 3 is 1.79 bits per heavy atom. The fourth-order valence-electron chi connectivity index (χ4n) is 3.25. The Morgan fingerprint density at radius 2 is 1.21 bits per heavy atom. The van der Waals surface area contributed by atoms with Crippen LogP contribution < -0.4 is 15.2 Å². The summed E-state index contributed by atoms with van der Waals surface area (Å²) in [4.78, 5) is 2.25. The van der Waals surface area contributed by atoms with Crippen molar-refractivity contribution in [2.24, 2.45) is 10.3 Å². The van der Waals surface area contributed by atoms with Crippen LogP contribution >= 0.6 is 0 Å². The van der Waals surface area contributed by atoms with E-state index in [1.165, 1.54) is 12.1 Å². The molecule has 0 saturated heterocycles. The third kappa shape index (κ3) is 6.52. The van der Waals surface area contributed by atoms with Crippen molar-refractivity contribution in [3.63, 3.8) is 0 Å². The molecule has 0 heterocycles. The number of hydrogen-bond acceptors (Lipinski definition) is 5. The van der Waals surface area contributed by atoms with Crippen molar-refractivity contribution in [3.05, 3.63) is 78.9 Å². The summed E-state index contributed by atoms with van der Waals surface area (Å²) in [6.45, 7) is 4.00. The van der Waals surface area contributed by atoms with E-state index in [1.54, 1.807) is 24.3 Å². The molecule has 4 aromatic rings. The highest BCUT2D eigenvalue weighted by atomic mass is 32.2. The predicted molar refractivity (Wildman–Crippen MR) is 136 cm³/mol. The van der Waals surface area contributed by atoms with Crippen LogP contribution in [0.2, 0.25) is 0 Å². The van der Waals surface area contributed by atoms with Crippen LogP contribution in [0.5, 0.6) is 0 Å². The zero-order valence-corrected chi connectivity index (χ0v) is 20.7. The summed E-state index contributed by atoms with van der Waals surface area (Å²) < 4.78 is 45.1. The lowest BCUT2D eigenvalue weighted by molar-refractivity contribution is 0.596. The number of primary sulfonamides is 2. The molecule has 176 valence electrons. The summed E-state index contributed by atoms with van der Waals surface area (Å²) >= 11 is 0. The number of anilines is 1. The molecule has 0 aliphatic heterocycles. The van der Waals surface area contributed by atoms with Gasteiger partial charge in [0.1, 0.15) is 0 Å². The molecule has 0 saturated carbocycles. The van der Waals surface area contributed by atoms with Crippen molar-refractivity contribution in [1.29, 1.82) is 0 Å². The van der Waals surface area contributed by atoms with Crippen LogP contribution in [-0.4, -0.2) is 30.9 Å². The molecular weight excluding hydrogens is 458 g/mol. The number of fused-ring (bicyclic) bond motifs is 2. The van der Waals surface area contributed by atoms with E-state index in [0.29, 0.717) is 5.39 Å². The van der Waals surface area contributed by atoms with Gasteiger partial charge in [-0.15, -0.1) is 0 Å². The molecule has 0 amide bonds. The fourth-order valence-corrected chi connectivity index (χ4v) is 4.55. The average molecular weight is 488 g/mol. The Labute approximate surface area is 195 Å². The van der Waals surface area contributed by atoms with E-state index in [1.807, 2.05) is 75.3 Å². The van der Waals surface area contributed by atoms with Crippen LogP contribution in [0.15, 0.2) is 88.7 Å². The quantitative estimate of drug-likeness (QED) is 0.451. The van der Waals surface area contributed by atoms with Gasteiger partial charge < -0.3 is 4.90 Å². The van der Waals surface area contributed by atoms with Gasteiger partial charge >= 0.3 is 0 Å². The summed E-state index contributed by atoms with van der Waals surface area (Å²) in [6, 6.07) is 23.0. The number of nitrogens with two attached hydrogens (primary N) is 2. The van der Waals surface area contributed by atoms with Crippen LogP contribution in [0.4, 0.5) is 5.69 Å². The van der Waals surface area contributed by atoms with Crippen molar-refractivity contribution in [2.45, 2.75) is 23.6 Å². The van der Waals surface area contributed by atoms with Gasteiger partial charge in [0.2, 0.25) is 20.0 Å². The maximum atomic E-state index is 11.5. The minimum Gasteiger partial charge on any atom is -0.377 e. The Morgan fingerprint density at radius 1 is 0.636 bits per heavy atom. The second kappa shape index (κ2) is 10.8. The molecule has 0 radical (unpaired) electrons. The van der Waals surface area contributed by atoms with Gasteiger partial charge in [-0.3, -0.25) is 0 Å². The van der Waals surface area contributed by atoms with Gasteiger partial charge in [0.15, 0.2) is 0 Å². The Bertz CT molecular complexity index is 1470. The van der Waals surface area contributed by atoms with E-state index in [9.17, 15) is 16.8 Å². The third-order valence-electron chi connectivity index (χ3n) is 4.70. The molecule has 0 bridgehead atoms. The van der Waals surface area contributed by atoms with Crippen LogP contribution in [0.1, 0.15) is 13.8 Å². The van der Waals surface area contributed by atoms with Crippen LogP contribution in [0.3, 0.4) is 0 Å². The van der Waals surface area contributed by atoms with Crippen molar-refractivity contribution < 1.29 is 16.8 Å². The van der Waals surface area contributed by atoms with Crippen molar-refractivity contribution in [3.8, 4) is 0 Å². The average Bonchev–Trinajstić information content (AvgIpc) is 2.78. The first-order valence-corrected chi connectivity index (χ1v) is 13.3. The smallest absolute Gasteiger partial charge is 0.238 e. The fraction of sp³-hybridized carbons (Fsp3) is 0.167. The summed E-state index contributed by atoms with van der Waals surface area (Å²) in [5.41, 5.74) is 0.966. The lowest BCUT2D eigenvalue weighted by atomic mass is 10.1. The lowest BCUT2D eigenvalue weighted by Gasteiger charge is -2.16. The summed E-state index contributed by atoms with van der Waals surface area (Å²) in [7, 11) is -3.45. The van der Waals surface area contributed by atoms with Gasteiger partial charge in [-0.1, -0.05) is 68.4 Å². The zero-order valence-electron chi connectivity index (χ0n) is 19.1. The molecule has 4 N–H and O–H groups in total.